The number of aromatic carboxylic acids is 1. The van der Waals surface area contributed by atoms with E-state index in [9.17, 15) is 9.90 Å². The summed E-state index contributed by atoms with van der Waals surface area (Å²) in [6.45, 7) is 8.20. The van der Waals surface area contributed by atoms with Crippen molar-refractivity contribution in [3.05, 3.63) is 17.7 Å². The van der Waals surface area contributed by atoms with E-state index in [0.717, 1.165) is 0 Å². The molecule has 0 aromatic carbocycles. The number of carbonyl (C=O) groups is 1. The minimum atomic E-state index is -1.10. The molecule has 0 radical (unpaired) electrons. The first kappa shape index (κ1) is 16.4. The summed E-state index contributed by atoms with van der Waals surface area (Å²) in [5.41, 5.74) is -0.301. The van der Waals surface area contributed by atoms with E-state index >= 15 is 0 Å². The van der Waals surface area contributed by atoms with Gasteiger partial charge in [0.05, 0.1) is 6.20 Å². The van der Waals surface area contributed by atoms with Gasteiger partial charge in [0.1, 0.15) is 12.4 Å². The molecule has 0 saturated heterocycles. The third-order valence-electron chi connectivity index (χ3n) is 3.28. The molecule has 0 amide bonds. The van der Waals surface area contributed by atoms with E-state index in [4.69, 9.17) is 4.74 Å². The van der Waals surface area contributed by atoms with Crippen LogP contribution in [0.3, 0.4) is 0 Å². The van der Waals surface area contributed by atoms with Crippen LogP contribution in [0.4, 0.5) is 0 Å². The Hall–Kier alpha value is -1.69. The third-order valence-corrected chi connectivity index (χ3v) is 3.28. The van der Waals surface area contributed by atoms with E-state index in [2.05, 4.69) is 9.97 Å². The Morgan fingerprint density at radius 1 is 1.45 bits per heavy atom. The van der Waals surface area contributed by atoms with Crippen LogP contribution < -0.4 is 4.74 Å². The molecule has 20 heavy (non-hydrogen) atoms. The fourth-order valence-corrected chi connectivity index (χ4v) is 1.30. The third kappa shape index (κ3) is 3.90. The molecule has 0 bridgehead atoms. The summed E-state index contributed by atoms with van der Waals surface area (Å²) < 4.78 is 5.61. The van der Waals surface area contributed by atoms with Crippen LogP contribution in [0.25, 0.3) is 0 Å². The number of nitrogens with zero attached hydrogens (tertiary/aromatic N) is 3. The Labute approximate surface area is 119 Å². The van der Waals surface area contributed by atoms with Gasteiger partial charge in [0.25, 0.3) is 0 Å². The fraction of sp³-hybridized carbons (Fsp3) is 0.643. The summed E-state index contributed by atoms with van der Waals surface area (Å²) in [6.07, 6.45) is 1.44. The topological polar surface area (TPSA) is 75.5 Å². The van der Waals surface area contributed by atoms with Gasteiger partial charge in [-0.1, -0.05) is 13.8 Å². The van der Waals surface area contributed by atoms with Gasteiger partial charge in [0.2, 0.25) is 0 Å². The number of rotatable bonds is 6. The maximum absolute atomic E-state index is 11.3. The molecule has 0 aliphatic heterocycles. The normalized spacial score (nSPS) is 12.0. The van der Waals surface area contributed by atoms with Crippen molar-refractivity contribution in [1.29, 1.82) is 0 Å². The average molecular weight is 281 g/mol. The summed E-state index contributed by atoms with van der Waals surface area (Å²) >= 11 is 0. The van der Waals surface area contributed by atoms with Gasteiger partial charge < -0.3 is 14.7 Å². The van der Waals surface area contributed by atoms with Crippen molar-refractivity contribution in [2.75, 3.05) is 20.7 Å². The Kier molecular flexibility index (Phi) is 5.05. The van der Waals surface area contributed by atoms with Gasteiger partial charge in [-0.15, -0.1) is 0 Å². The lowest BCUT2D eigenvalue weighted by Gasteiger charge is -2.32. The van der Waals surface area contributed by atoms with Gasteiger partial charge in [-0.3, -0.25) is 0 Å². The zero-order chi connectivity index (χ0) is 15.5. The molecule has 0 spiro atoms. The molecule has 6 heteroatoms. The minimum absolute atomic E-state index is 0.0698. The van der Waals surface area contributed by atoms with Crippen LogP contribution in [0.1, 0.15) is 49.9 Å². The zero-order valence-electron chi connectivity index (χ0n) is 13.0. The highest BCUT2D eigenvalue weighted by atomic mass is 16.5. The number of carboxylic acid groups (broad SMARTS) is 1. The van der Waals surface area contributed by atoms with E-state index < -0.39 is 5.97 Å². The number of carboxylic acids is 1. The lowest BCUT2D eigenvalue weighted by Crippen LogP contribution is -2.43. The predicted octanol–water partition coefficient (Wildman–Crippen LogP) is 2.02. The van der Waals surface area contributed by atoms with E-state index in [1.165, 1.54) is 6.20 Å². The van der Waals surface area contributed by atoms with E-state index in [1.807, 2.05) is 46.7 Å². The zero-order valence-corrected chi connectivity index (χ0v) is 13.0. The lowest BCUT2D eigenvalue weighted by atomic mass is 10.1. The first-order valence-corrected chi connectivity index (χ1v) is 6.55. The molecule has 0 aliphatic rings. The quantitative estimate of drug-likeness (QED) is 0.859. The first-order valence-electron chi connectivity index (χ1n) is 6.55. The summed E-state index contributed by atoms with van der Waals surface area (Å²) in [4.78, 5) is 21.5. The van der Waals surface area contributed by atoms with Crippen LogP contribution in [0.5, 0.6) is 5.75 Å². The number of aromatic nitrogens is 2. The van der Waals surface area contributed by atoms with Crippen LogP contribution in [0.2, 0.25) is 0 Å². The Balaban J connectivity index is 2.98. The number of hydrogen-bond acceptors (Lipinski definition) is 5. The highest BCUT2D eigenvalue weighted by Crippen LogP contribution is 2.20. The van der Waals surface area contributed by atoms with Gasteiger partial charge in [-0.25, -0.2) is 14.8 Å². The largest absolute Gasteiger partial charge is 0.487 e. The van der Waals surface area contributed by atoms with Crippen molar-refractivity contribution in [2.24, 2.45) is 0 Å². The summed E-state index contributed by atoms with van der Waals surface area (Å²) in [5.74, 6) is -0.328. The van der Waals surface area contributed by atoms with Crippen molar-refractivity contribution in [2.45, 2.75) is 39.2 Å². The van der Waals surface area contributed by atoms with Crippen LogP contribution >= 0.6 is 0 Å². The molecule has 0 saturated carbocycles. The van der Waals surface area contributed by atoms with Crippen LogP contribution in [0, 0.1) is 0 Å². The molecule has 1 rings (SSSR count). The summed E-state index contributed by atoms with van der Waals surface area (Å²) in [5, 5.41) is 9.23. The Bertz CT molecular complexity index is 485. The lowest BCUT2D eigenvalue weighted by molar-refractivity contribution is 0.0675. The van der Waals surface area contributed by atoms with Crippen molar-refractivity contribution < 1.29 is 14.6 Å². The SMILES string of the molecule is CC(C)c1ncc(OCC(C)(C)N(C)C)c(C(=O)O)n1. The van der Waals surface area contributed by atoms with Crippen molar-refractivity contribution in [3.8, 4) is 5.75 Å². The van der Waals surface area contributed by atoms with Gasteiger partial charge in [-0.05, 0) is 27.9 Å². The number of ether oxygens (including phenoxy) is 1. The standard InChI is InChI=1S/C14H23N3O3/c1-9(2)12-15-7-10(11(16-12)13(18)19)20-8-14(3,4)17(5)6/h7,9H,8H2,1-6H3,(H,18,19). The molecular formula is C14H23N3O3. The van der Waals surface area contributed by atoms with Crippen molar-refractivity contribution in [3.63, 3.8) is 0 Å². The maximum Gasteiger partial charge on any atom is 0.358 e. The molecule has 112 valence electrons. The molecule has 1 heterocycles. The maximum atomic E-state index is 11.3. The van der Waals surface area contributed by atoms with Gasteiger partial charge >= 0.3 is 5.97 Å². The second kappa shape index (κ2) is 6.17. The van der Waals surface area contributed by atoms with Crippen molar-refractivity contribution in [1.82, 2.24) is 14.9 Å². The average Bonchev–Trinajstić information content (AvgIpc) is 2.35. The van der Waals surface area contributed by atoms with Gasteiger partial charge in [0.15, 0.2) is 11.4 Å². The molecule has 0 aliphatic carbocycles. The second-order valence-corrected chi connectivity index (χ2v) is 5.90. The first-order chi connectivity index (χ1) is 9.15. The van der Waals surface area contributed by atoms with Gasteiger partial charge in [0, 0.05) is 11.5 Å². The number of hydrogen-bond donors (Lipinski definition) is 1. The fourth-order valence-electron chi connectivity index (χ4n) is 1.30. The summed E-state index contributed by atoms with van der Waals surface area (Å²) in [6, 6.07) is 0. The molecule has 1 N–H and O–H groups in total. The highest BCUT2D eigenvalue weighted by molar-refractivity contribution is 5.88. The molecular weight excluding hydrogens is 258 g/mol. The summed E-state index contributed by atoms with van der Waals surface area (Å²) in [7, 11) is 3.89. The molecule has 1 aromatic rings. The van der Waals surface area contributed by atoms with Crippen LogP contribution in [-0.4, -0.2) is 52.2 Å². The molecule has 6 nitrogen and oxygen atoms in total. The van der Waals surface area contributed by atoms with E-state index in [-0.39, 0.29) is 22.9 Å². The highest BCUT2D eigenvalue weighted by Gasteiger charge is 2.24. The molecule has 0 unspecified atom stereocenters. The van der Waals surface area contributed by atoms with Crippen LogP contribution in [-0.2, 0) is 0 Å². The molecule has 0 fully saturated rings. The van der Waals surface area contributed by atoms with Crippen LogP contribution in [0.15, 0.2) is 6.20 Å². The predicted molar refractivity (Wildman–Crippen MR) is 76.3 cm³/mol. The molecule has 0 atom stereocenters. The number of likely N-dealkylation sites (N-methyl/N-ethyl adjacent to an activating group) is 1. The Morgan fingerprint density at radius 2 is 2.05 bits per heavy atom. The van der Waals surface area contributed by atoms with E-state index in [1.54, 1.807) is 0 Å². The van der Waals surface area contributed by atoms with Gasteiger partial charge in [-0.2, -0.15) is 0 Å². The Morgan fingerprint density at radius 3 is 2.50 bits per heavy atom. The van der Waals surface area contributed by atoms with E-state index in [0.29, 0.717) is 12.4 Å². The smallest absolute Gasteiger partial charge is 0.358 e. The second-order valence-electron chi connectivity index (χ2n) is 5.90. The molecule has 1 aromatic heterocycles. The monoisotopic (exact) mass is 281 g/mol. The van der Waals surface area contributed by atoms with Crippen molar-refractivity contribution >= 4 is 5.97 Å². The minimum Gasteiger partial charge on any atom is -0.487 e.